The van der Waals surface area contributed by atoms with E-state index in [9.17, 15) is 34.2 Å². The Morgan fingerprint density at radius 3 is 1.97 bits per heavy atom. The summed E-state index contributed by atoms with van der Waals surface area (Å²) in [7, 11) is 0. The maximum atomic E-state index is 12.7. The Morgan fingerprint density at radius 2 is 1.43 bits per heavy atom. The van der Waals surface area contributed by atoms with Crippen LogP contribution in [0.25, 0.3) is 0 Å². The van der Waals surface area contributed by atoms with Gasteiger partial charge >= 0.3 is 11.9 Å². The summed E-state index contributed by atoms with van der Waals surface area (Å²) in [6.07, 6.45) is 0.601. The van der Waals surface area contributed by atoms with Crippen LogP contribution >= 0.6 is 12.6 Å². The van der Waals surface area contributed by atoms with E-state index in [1.54, 1.807) is 30.3 Å². The quantitative estimate of drug-likeness (QED) is 0.0969. The number of unbranched alkanes of at least 4 members (excludes halogenated alkanes) is 1. The van der Waals surface area contributed by atoms with Gasteiger partial charge < -0.3 is 37.6 Å². The van der Waals surface area contributed by atoms with Crippen LogP contribution in [0.15, 0.2) is 30.3 Å². The molecule has 0 saturated carbocycles. The number of rotatable bonds is 16. The molecule has 194 valence electrons. The number of carboxylic acids is 2. The molecular formula is C22H33N5O7S. The molecule has 0 radical (unpaired) electrons. The minimum Gasteiger partial charge on any atom is -0.481 e. The molecule has 0 bridgehead atoms. The number of nitrogens with two attached hydrogens (primary N) is 2. The van der Waals surface area contributed by atoms with Gasteiger partial charge in [-0.15, -0.1) is 0 Å². The number of hydrogen-bond donors (Lipinski definition) is 8. The van der Waals surface area contributed by atoms with Gasteiger partial charge in [-0.1, -0.05) is 30.3 Å². The molecule has 1 rings (SSSR count). The van der Waals surface area contributed by atoms with Crippen LogP contribution in [0.4, 0.5) is 0 Å². The number of benzene rings is 1. The number of amides is 3. The van der Waals surface area contributed by atoms with Crippen molar-refractivity contribution in [2.75, 3.05) is 12.3 Å². The van der Waals surface area contributed by atoms with Gasteiger partial charge in [0.1, 0.15) is 18.1 Å². The summed E-state index contributed by atoms with van der Waals surface area (Å²) in [6, 6.07) is 3.86. The van der Waals surface area contributed by atoms with Crippen molar-refractivity contribution in [3.8, 4) is 0 Å². The first-order valence-corrected chi connectivity index (χ1v) is 11.7. The highest BCUT2D eigenvalue weighted by atomic mass is 32.1. The van der Waals surface area contributed by atoms with E-state index in [0.29, 0.717) is 19.4 Å². The lowest BCUT2D eigenvalue weighted by atomic mass is 10.1. The molecule has 0 aliphatic heterocycles. The zero-order chi connectivity index (χ0) is 26.4. The number of nitrogens with one attached hydrogen (secondary N) is 3. The lowest BCUT2D eigenvalue weighted by Crippen LogP contribution is -2.58. The summed E-state index contributed by atoms with van der Waals surface area (Å²) in [4.78, 5) is 60.5. The van der Waals surface area contributed by atoms with E-state index in [0.717, 1.165) is 5.56 Å². The Hall–Kier alpha value is -3.16. The first kappa shape index (κ1) is 29.9. The van der Waals surface area contributed by atoms with E-state index >= 15 is 0 Å². The van der Waals surface area contributed by atoms with Gasteiger partial charge in [0.25, 0.3) is 0 Å². The second-order valence-corrected chi connectivity index (χ2v) is 8.25. The molecule has 9 N–H and O–H groups in total. The van der Waals surface area contributed by atoms with Gasteiger partial charge in [-0.2, -0.15) is 12.6 Å². The maximum Gasteiger partial charge on any atom is 0.326 e. The molecule has 0 saturated heterocycles. The molecule has 35 heavy (non-hydrogen) atoms. The molecule has 12 nitrogen and oxygen atoms in total. The fourth-order valence-corrected chi connectivity index (χ4v) is 3.37. The third kappa shape index (κ3) is 11.2. The molecule has 0 fully saturated rings. The molecule has 4 atom stereocenters. The molecule has 1 aromatic carbocycles. The van der Waals surface area contributed by atoms with E-state index in [-0.39, 0.29) is 18.6 Å². The number of carbonyl (C=O) groups is 5. The van der Waals surface area contributed by atoms with Gasteiger partial charge in [0.15, 0.2) is 0 Å². The van der Waals surface area contributed by atoms with Gasteiger partial charge in [-0.25, -0.2) is 4.79 Å². The predicted molar refractivity (Wildman–Crippen MR) is 131 cm³/mol. The van der Waals surface area contributed by atoms with Crippen LogP contribution in [-0.2, 0) is 30.4 Å². The first-order chi connectivity index (χ1) is 16.6. The molecule has 1 aromatic rings. The summed E-state index contributed by atoms with van der Waals surface area (Å²) in [5.74, 6) is -5.31. The number of thiol groups is 1. The van der Waals surface area contributed by atoms with E-state index in [1.165, 1.54) is 0 Å². The van der Waals surface area contributed by atoms with Crippen molar-refractivity contribution in [2.24, 2.45) is 11.5 Å². The molecule has 13 heteroatoms. The summed E-state index contributed by atoms with van der Waals surface area (Å²) >= 11 is 4.02. The number of aliphatic carboxylic acids is 2. The minimum atomic E-state index is -1.52. The van der Waals surface area contributed by atoms with Gasteiger partial charge in [0, 0.05) is 5.75 Å². The van der Waals surface area contributed by atoms with Gasteiger partial charge in [0.05, 0.1) is 12.5 Å². The predicted octanol–water partition coefficient (Wildman–Crippen LogP) is -1.37. The van der Waals surface area contributed by atoms with Gasteiger partial charge in [0.2, 0.25) is 17.7 Å². The molecule has 4 unspecified atom stereocenters. The summed E-state index contributed by atoms with van der Waals surface area (Å²) in [5, 5.41) is 25.5. The number of carbonyl (C=O) groups excluding carboxylic acids is 3. The Kier molecular flexibility index (Phi) is 13.4. The SMILES string of the molecule is NCCCCC(NC(=O)C(CS)NC(=O)C(CC(=O)O)NC(=O)C(N)Cc1ccccc1)C(=O)O. The summed E-state index contributed by atoms with van der Waals surface area (Å²) in [5.41, 5.74) is 12.1. The van der Waals surface area contributed by atoms with Crippen LogP contribution in [-0.4, -0.2) is 76.3 Å². The van der Waals surface area contributed by atoms with Crippen LogP contribution in [0, 0.1) is 0 Å². The van der Waals surface area contributed by atoms with Crippen LogP contribution in [0.1, 0.15) is 31.2 Å². The van der Waals surface area contributed by atoms with Crippen LogP contribution in [0.2, 0.25) is 0 Å². The molecule has 0 heterocycles. The Morgan fingerprint density at radius 1 is 0.857 bits per heavy atom. The third-order valence-electron chi connectivity index (χ3n) is 5.02. The molecule has 3 amide bonds. The van der Waals surface area contributed by atoms with E-state index in [2.05, 4.69) is 28.6 Å². The first-order valence-electron chi connectivity index (χ1n) is 11.0. The van der Waals surface area contributed by atoms with Gasteiger partial charge in [-0.05, 0) is 37.8 Å². The van der Waals surface area contributed by atoms with Gasteiger partial charge in [-0.3, -0.25) is 19.2 Å². The number of carboxylic acid groups (broad SMARTS) is 2. The van der Waals surface area contributed by atoms with E-state index in [4.69, 9.17) is 11.5 Å². The third-order valence-corrected chi connectivity index (χ3v) is 5.39. The van der Waals surface area contributed by atoms with Crippen molar-refractivity contribution in [3.63, 3.8) is 0 Å². The second-order valence-electron chi connectivity index (χ2n) is 7.88. The van der Waals surface area contributed by atoms with Crippen molar-refractivity contribution in [1.29, 1.82) is 0 Å². The van der Waals surface area contributed by atoms with Crippen LogP contribution in [0.3, 0.4) is 0 Å². The van der Waals surface area contributed by atoms with Crippen molar-refractivity contribution in [3.05, 3.63) is 35.9 Å². The fourth-order valence-electron chi connectivity index (χ4n) is 3.11. The molecule has 0 aliphatic carbocycles. The number of hydrogen-bond acceptors (Lipinski definition) is 8. The van der Waals surface area contributed by atoms with Crippen molar-refractivity contribution >= 4 is 42.3 Å². The summed E-state index contributed by atoms with van der Waals surface area (Å²) in [6.45, 7) is 0.376. The Bertz CT molecular complexity index is 871. The normalized spacial score (nSPS) is 14.1. The van der Waals surface area contributed by atoms with E-state index in [1.807, 2.05) is 0 Å². The van der Waals surface area contributed by atoms with Crippen molar-refractivity contribution in [2.45, 2.75) is 56.3 Å². The smallest absolute Gasteiger partial charge is 0.326 e. The molecule has 0 aromatic heterocycles. The highest BCUT2D eigenvalue weighted by molar-refractivity contribution is 7.80. The lowest BCUT2D eigenvalue weighted by molar-refractivity contribution is -0.143. The average molecular weight is 512 g/mol. The highest BCUT2D eigenvalue weighted by Gasteiger charge is 2.30. The largest absolute Gasteiger partial charge is 0.481 e. The molecular weight excluding hydrogens is 478 g/mol. The second kappa shape index (κ2) is 15.7. The Balaban J connectivity index is 2.81. The average Bonchev–Trinajstić information content (AvgIpc) is 2.81. The standard InChI is InChI=1S/C22H33N5O7S/c23-9-5-4-8-15(22(33)34)25-21(32)17(12-35)27-20(31)16(11-18(28)29)26-19(30)14(24)10-13-6-2-1-3-7-13/h1-3,6-7,14-17,35H,4-5,8-12,23-24H2,(H,25,32)(H,26,30)(H,27,31)(H,28,29)(H,33,34). The topological polar surface area (TPSA) is 214 Å². The van der Waals surface area contributed by atoms with Crippen LogP contribution < -0.4 is 27.4 Å². The zero-order valence-electron chi connectivity index (χ0n) is 19.2. The monoisotopic (exact) mass is 511 g/mol. The van der Waals surface area contributed by atoms with Crippen molar-refractivity contribution in [1.82, 2.24) is 16.0 Å². The molecule has 0 spiro atoms. The van der Waals surface area contributed by atoms with Crippen molar-refractivity contribution < 1.29 is 34.2 Å². The minimum absolute atomic E-state index is 0.141. The van der Waals surface area contributed by atoms with Crippen LogP contribution in [0.5, 0.6) is 0 Å². The zero-order valence-corrected chi connectivity index (χ0v) is 20.1. The molecule has 0 aliphatic rings. The van der Waals surface area contributed by atoms with E-state index < -0.39 is 60.2 Å². The summed E-state index contributed by atoms with van der Waals surface area (Å²) < 4.78 is 0. The Labute approximate surface area is 208 Å². The highest BCUT2D eigenvalue weighted by Crippen LogP contribution is 2.05. The lowest BCUT2D eigenvalue weighted by Gasteiger charge is -2.24. The maximum absolute atomic E-state index is 12.7. The fraction of sp³-hybridized carbons (Fsp3) is 0.500.